The number of ether oxygens (including phenoxy) is 1. The van der Waals surface area contributed by atoms with Gasteiger partial charge in [0, 0.05) is 6.07 Å². The van der Waals surface area contributed by atoms with Crippen LogP contribution in [0.2, 0.25) is 0 Å². The Balaban J connectivity index is 1.52. The van der Waals surface area contributed by atoms with Crippen LogP contribution in [-0.2, 0) is 0 Å². The zero-order valence-corrected chi connectivity index (χ0v) is 16.3. The smallest absolute Gasteiger partial charge is 0.258 e. The lowest BCUT2D eigenvalue weighted by atomic mass is 10.0. The number of halogens is 2. The summed E-state index contributed by atoms with van der Waals surface area (Å²) in [6, 6.07) is 25.4. The van der Waals surface area contributed by atoms with E-state index in [0.717, 1.165) is 29.3 Å². The lowest BCUT2D eigenvalue weighted by molar-refractivity contribution is 0.102. The Morgan fingerprint density at radius 2 is 1.48 bits per heavy atom. The Morgan fingerprint density at radius 1 is 0.839 bits per heavy atom. The molecule has 0 aliphatic rings. The fourth-order valence-corrected chi connectivity index (χ4v) is 3.10. The largest absolute Gasteiger partial charge is 0.465 e. The summed E-state index contributed by atoms with van der Waals surface area (Å²) in [6.07, 6.45) is 1.04. The summed E-state index contributed by atoms with van der Waals surface area (Å²) in [7, 11) is 0. The molecule has 4 rings (SSSR count). The van der Waals surface area contributed by atoms with Crippen LogP contribution in [0.4, 0.5) is 14.5 Å². The zero-order chi connectivity index (χ0) is 21.6. The third-order valence-corrected chi connectivity index (χ3v) is 4.61. The highest BCUT2D eigenvalue weighted by Crippen LogP contribution is 2.28. The van der Waals surface area contributed by atoms with Crippen molar-refractivity contribution >= 4 is 11.6 Å². The Morgan fingerprint density at radius 3 is 2.06 bits per heavy atom. The van der Waals surface area contributed by atoms with Crippen LogP contribution in [0.1, 0.15) is 27.6 Å². The monoisotopic (exact) mass is 416 g/mol. The van der Waals surface area contributed by atoms with E-state index in [1.54, 1.807) is 12.1 Å². The topological polar surface area (TPSA) is 51.2 Å². The number of nitrogens with one attached hydrogen (secondary N) is 1. The average Bonchev–Trinajstić information content (AvgIpc) is 2.81. The van der Waals surface area contributed by atoms with Gasteiger partial charge >= 0.3 is 0 Å². The van der Waals surface area contributed by atoms with Crippen LogP contribution in [0.5, 0.6) is 5.88 Å². The molecule has 6 heteroatoms. The molecule has 0 aliphatic carbocycles. The summed E-state index contributed by atoms with van der Waals surface area (Å²) in [5, 5.41) is 2.51. The summed E-state index contributed by atoms with van der Waals surface area (Å²) in [4.78, 5) is 16.5. The predicted molar refractivity (Wildman–Crippen MR) is 114 cm³/mol. The molecule has 1 aromatic heterocycles. The van der Waals surface area contributed by atoms with Gasteiger partial charge in [-0.15, -0.1) is 0 Å². The van der Waals surface area contributed by atoms with Crippen LogP contribution in [0, 0.1) is 11.6 Å². The van der Waals surface area contributed by atoms with Gasteiger partial charge in [-0.3, -0.25) is 4.79 Å². The van der Waals surface area contributed by atoms with Gasteiger partial charge in [-0.2, -0.15) is 0 Å². The molecule has 4 nitrogen and oxygen atoms in total. The minimum atomic E-state index is -0.805. The number of rotatable bonds is 6. The number of nitrogens with zero attached hydrogens (tertiary/aromatic N) is 1. The molecule has 0 saturated carbocycles. The first-order chi connectivity index (χ1) is 15.1. The van der Waals surface area contributed by atoms with E-state index in [1.807, 2.05) is 60.7 Å². The molecule has 154 valence electrons. The summed E-state index contributed by atoms with van der Waals surface area (Å²) in [6.45, 7) is 0. The molecule has 1 amide bonds. The second-order valence-corrected chi connectivity index (χ2v) is 6.78. The number of hydrogen-bond donors (Lipinski definition) is 1. The van der Waals surface area contributed by atoms with Crippen molar-refractivity contribution in [3.8, 4) is 5.88 Å². The summed E-state index contributed by atoms with van der Waals surface area (Å²) in [5.41, 5.74) is 1.88. The first-order valence-electron chi connectivity index (χ1n) is 9.59. The lowest BCUT2D eigenvalue weighted by Gasteiger charge is -2.19. The molecule has 0 radical (unpaired) electrons. The van der Waals surface area contributed by atoms with E-state index in [1.165, 1.54) is 6.20 Å². The number of anilines is 1. The van der Waals surface area contributed by atoms with Crippen molar-refractivity contribution in [2.75, 3.05) is 5.32 Å². The standard InChI is InChI=1S/C25H18F2N2O2/c26-19-11-13-22(27)21(15-19)25(30)29-20-12-14-23(28-16-20)31-24(17-7-3-1-4-8-17)18-9-5-2-6-10-18/h1-16,24H,(H,29,30). The number of carbonyl (C=O) groups excluding carboxylic acids is 1. The molecule has 0 fully saturated rings. The molecule has 0 aliphatic heterocycles. The van der Waals surface area contributed by atoms with Crippen LogP contribution in [0.25, 0.3) is 0 Å². The van der Waals surface area contributed by atoms with Gasteiger partial charge in [-0.1, -0.05) is 60.7 Å². The molecule has 1 N–H and O–H groups in total. The average molecular weight is 416 g/mol. The Bertz CT molecular complexity index is 1130. The fraction of sp³-hybridized carbons (Fsp3) is 0.0400. The van der Waals surface area contributed by atoms with Crippen LogP contribution >= 0.6 is 0 Å². The van der Waals surface area contributed by atoms with Gasteiger partial charge in [0.2, 0.25) is 5.88 Å². The third-order valence-electron chi connectivity index (χ3n) is 4.61. The molecular weight excluding hydrogens is 398 g/mol. The molecular formula is C25H18F2N2O2. The first kappa shape index (κ1) is 20.2. The molecule has 0 saturated heterocycles. The molecule has 4 aromatic rings. The van der Waals surface area contributed by atoms with Crippen molar-refractivity contribution in [1.82, 2.24) is 4.98 Å². The summed E-state index contributed by atoms with van der Waals surface area (Å²) >= 11 is 0. The van der Waals surface area contributed by atoms with Gasteiger partial charge in [-0.25, -0.2) is 13.8 Å². The molecule has 0 atom stereocenters. The Labute approximate surface area is 178 Å². The number of pyridine rings is 1. The van der Waals surface area contributed by atoms with Gasteiger partial charge in [-0.05, 0) is 35.4 Å². The number of aromatic nitrogens is 1. The van der Waals surface area contributed by atoms with Gasteiger partial charge < -0.3 is 10.1 Å². The number of carbonyl (C=O) groups is 1. The maximum Gasteiger partial charge on any atom is 0.258 e. The lowest BCUT2D eigenvalue weighted by Crippen LogP contribution is -2.14. The minimum absolute atomic E-state index is 0.331. The Kier molecular flexibility index (Phi) is 5.98. The number of benzene rings is 3. The highest BCUT2D eigenvalue weighted by atomic mass is 19.1. The zero-order valence-electron chi connectivity index (χ0n) is 16.3. The maximum atomic E-state index is 13.8. The van der Waals surface area contributed by atoms with Crippen molar-refractivity contribution in [3.63, 3.8) is 0 Å². The Hall–Kier alpha value is -4.06. The molecule has 0 bridgehead atoms. The fourth-order valence-electron chi connectivity index (χ4n) is 3.10. The van der Waals surface area contributed by atoms with Crippen molar-refractivity contribution in [2.45, 2.75) is 6.10 Å². The highest BCUT2D eigenvalue weighted by molar-refractivity contribution is 6.04. The molecule has 0 spiro atoms. The van der Waals surface area contributed by atoms with Crippen molar-refractivity contribution in [1.29, 1.82) is 0 Å². The number of amides is 1. The van der Waals surface area contributed by atoms with E-state index >= 15 is 0 Å². The van der Waals surface area contributed by atoms with Crippen LogP contribution < -0.4 is 10.1 Å². The van der Waals surface area contributed by atoms with E-state index in [4.69, 9.17) is 4.74 Å². The normalized spacial score (nSPS) is 10.7. The van der Waals surface area contributed by atoms with Crippen LogP contribution in [0.3, 0.4) is 0 Å². The second-order valence-electron chi connectivity index (χ2n) is 6.78. The van der Waals surface area contributed by atoms with E-state index in [9.17, 15) is 13.6 Å². The minimum Gasteiger partial charge on any atom is -0.465 e. The van der Waals surface area contributed by atoms with Crippen LogP contribution in [0.15, 0.2) is 97.2 Å². The summed E-state index contributed by atoms with van der Waals surface area (Å²) in [5.74, 6) is -1.91. The third kappa shape index (κ3) is 4.93. The van der Waals surface area contributed by atoms with E-state index in [2.05, 4.69) is 10.3 Å². The first-order valence-corrected chi connectivity index (χ1v) is 9.59. The van der Waals surface area contributed by atoms with Crippen molar-refractivity contribution in [2.24, 2.45) is 0 Å². The van der Waals surface area contributed by atoms with Gasteiger partial charge in [0.25, 0.3) is 5.91 Å². The van der Waals surface area contributed by atoms with Gasteiger partial charge in [0.05, 0.1) is 17.4 Å². The summed E-state index contributed by atoms with van der Waals surface area (Å²) < 4.78 is 33.2. The molecule has 1 heterocycles. The molecule has 0 unspecified atom stereocenters. The molecule has 3 aromatic carbocycles. The van der Waals surface area contributed by atoms with E-state index in [-0.39, 0.29) is 11.7 Å². The van der Waals surface area contributed by atoms with Crippen LogP contribution in [-0.4, -0.2) is 10.9 Å². The highest BCUT2D eigenvalue weighted by Gasteiger charge is 2.17. The molecule has 31 heavy (non-hydrogen) atoms. The number of hydrogen-bond acceptors (Lipinski definition) is 3. The van der Waals surface area contributed by atoms with Crippen molar-refractivity contribution in [3.05, 3.63) is 126 Å². The van der Waals surface area contributed by atoms with E-state index < -0.39 is 17.5 Å². The quantitative estimate of drug-likeness (QED) is 0.433. The predicted octanol–water partition coefficient (Wildman–Crippen LogP) is 5.78. The van der Waals surface area contributed by atoms with Gasteiger partial charge in [0.15, 0.2) is 6.10 Å². The van der Waals surface area contributed by atoms with Crippen molar-refractivity contribution < 1.29 is 18.3 Å². The SMILES string of the molecule is O=C(Nc1ccc(OC(c2ccccc2)c2ccccc2)nc1)c1cc(F)ccc1F. The van der Waals surface area contributed by atoms with E-state index in [0.29, 0.717) is 11.6 Å². The maximum absolute atomic E-state index is 13.8. The van der Waals surface area contributed by atoms with Gasteiger partial charge in [0.1, 0.15) is 11.6 Å². The second kappa shape index (κ2) is 9.17.